The molecule has 0 saturated carbocycles. The fourth-order valence-electron chi connectivity index (χ4n) is 0.286. The highest BCUT2D eigenvalue weighted by Crippen LogP contribution is 1.76. The summed E-state index contributed by atoms with van der Waals surface area (Å²) in [6, 6.07) is -0.694. The van der Waals surface area contributed by atoms with Crippen molar-refractivity contribution in [1.29, 1.82) is 0 Å². The Morgan fingerprint density at radius 1 is 1.56 bits per heavy atom. The minimum Gasteiger partial charge on any atom is -0.349 e. The quantitative estimate of drug-likeness (QED) is 0.386. The van der Waals surface area contributed by atoms with Crippen LogP contribution in [0, 0.1) is 0 Å². The van der Waals surface area contributed by atoms with Gasteiger partial charge >= 0.3 is 0 Å². The topological polar surface area (TPSA) is 63.2 Å². The van der Waals surface area contributed by atoms with Crippen molar-refractivity contribution in [2.45, 2.75) is 13.0 Å². The third-order valence-electron chi connectivity index (χ3n) is 0.861. The second-order valence-electron chi connectivity index (χ2n) is 1.53. The van der Waals surface area contributed by atoms with Gasteiger partial charge in [-0.3, -0.25) is 14.4 Å². The number of Topliss-reactive ketones (excluding diaryl/α,β-unsaturated/α-hetero) is 1. The molecular weight excluding hydrogens is 122 g/mol. The van der Waals surface area contributed by atoms with E-state index in [1.54, 1.807) is 0 Å². The molecule has 1 atom stereocenters. The van der Waals surface area contributed by atoms with E-state index in [-0.39, 0.29) is 6.29 Å². The number of ketones is 1. The largest absolute Gasteiger partial charge is 0.349 e. The van der Waals surface area contributed by atoms with Crippen LogP contribution in [0.5, 0.6) is 0 Å². The van der Waals surface area contributed by atoms with E-state index in [0.29, 0.717) is 6.41 Å². The van der Waals surface area contributed by atoms with Crippen molar-refractivity contribution in [3.05, 3.63) is 0 Å². The molecule has 1 N–H and O–H groups in total. The van der Waals surface area contributed by atoms with Crippen LogP contribution in [-0.4, -0.2) is 24.5 Å². The SMILES string of the molecule is CC(NC=O)C(=O)C=O. The third-order valence-corrected chi connectivity index (χ3v) is 0.861. The van der Waals surface area contributed by atoms with Gasteiger partial charge in [0.15, 0.2) is 6.29 Å². The summed E-state index contributed by atoms with van der Waals surface area (Å²) in [5.41, 5.74) is 0. The fourth-order valence-corrected chi connectivity index (χ4v) is 0.286. The first-order valence-corrected chi connectivity index (χ1v) is 2.41. The summed E-state index contributed by atoms with van der Waals surface area (Å²) in [5, 5.41) is 2.13. The molecule has 9 heavy (non-hydrogen) atoms. The van der Waals surface area contributed by atoms with Crippen LogP contribution >= 0.6 is 0 Å². The fraction of sp³-hybridized carbons (Fsp3) is 0.400. The lowest BCUT2D eigenvalue weighted by Gasteiger charge is -2.01. The summed E-state index contributed by atoms with van der Waals surface area (Å²) < 4.78 is 0. The molecule has 1 amide bonds. The average Bonchev–Trinajstić information content (AvgIpc) is 1.87. The lowest BCUT2D eigenvalue weighted by Crippen LogP contribution is -2.33. The van der Waals surface area contributed by atoms with E-state index in [2.05, 4.69) is 5.32 Å². The van der Waals surface area contributed by atoms with Crippen LogP contribution in [-0.2, 0) is 14.4 Å². The Balaban J connectivity index is 3.71. The molecule has 0 aliphatic carbocycles. The number of carbonyl (C=O) groups excluding carboxylic acids is 3. The van der Waals surface area contributed by atoms with E-state index >= 15 is 0 Å². The number of hydrogen-bond donors (Lipinski definition) is 1. The number of carbonyl (C=O) groups is 3. The van der Waals surface area contributed by atoms with Crippen molar-refractivity contribution in [3.8, 4) is 0 Å². The van der Waals surface area contributed by atoms with E-state index in [9.17, 15) is 14.4 Å². The Labute approximate surface area is 52.2 Å². The van der Waals surface area contributed by atoms with E-state index < -0.39 is 11.8 Å². The second kappa shape index (κ2) is 3.77. The van der Waals surface area contributed by atoms with E-state index in [1.165, 1.54) is 6.92 Å². The van der Waals surface area contributed by atoms with E-state index in [4.69, 9.17) is 0 Å². The van der Waals surface area contributed by atoms with Crippen molar-refractivity contribution in [2.75, 3.05) is 0 Å². The number of aldehydes is 1. The lowest BCUT2D eigenvalue weighted by molar-refractivity contribution is -0.131. The molecular formula is C5H7NO3. The normalized spacial score (nSPS) is 11.7. The molecule has 0 fully saturated rings. The summed E-state index contributed by atoms with van der Waals surface area (Å²) in [6.07, 6.45) is 0.563. The zero-order valence-electron chi connectivity index (χ0n) is 4.96. The van der Waals surface area contributed by atoms with Crippen molar-refractivity contribution in [3.63, 3.8) is 0 Å². The van der Waals surface area contributed by atoms with Gasteiger partial charge in [-0.15, -0.1) is 0 Å². The molecule has 0 bridgehead atoms. The van der Waals surface area contributed by atoms with Crippen LogP contribution < -0.4 is 5.32 Å². The highest BCUT2D eigenvalue weighted by molar-refractivity contribution is 6.27. The van der Waals surface area contributed by atoms with Gasteiger partial charge in [0.2, 0.25) is 12.2 Å². The van der Waals surface area contributed by atoms with Crippen LogP contribution in [0.4, 0.5) is 0 Å². The third kappa shape index (κ3) is 2.58. The molecule has 4 heteroatoms. The van der Waals surface area contributed by atoms with Crippen LogP contribution in [0.1, 0.15) is 6.92 Å². The smallest absolute Gasteiger partial charge is 0.217 e. The molecule has 0 aliphatic heterocycles. The Bertz CT molecular complexity index is 132. The molecule has 0 aromatic heterocycles. The molecule has 0 saturated heterocycles. The van der Waals surface area contributed by atoms with Crippen LogP contribution in [0.15, 0.2) is 0 Å². The predicted molar refractivity (Wildman–Crippen MR) is 29.7 cm³/mol. The Hall–Kier alpha value is -1.19. The van der Waals surface area contributed by atoms with Gasteiger partial charge in [-0.25, -0.2) is 0 Å². The molecule has 0 aromatic rings. The predicted octanol–water partition coefficient (Wildman–Crippen LogP) is -1.11. The first-order valence-electron chi connectivity index (χ1n) is 2.41. The number of hydrogen-bond acceptors (Lipinski definition) is 3. The Kier molecular flexibility index (Phi) is 3.27. The van der Waals surface area contributed by atoms with Crippen LogP contribution in [0.2, 0.25) is 0 Å². The van der Waals surface area contributed by atoms with Crippen molar-refractivity contribution in [1.82, 2.24) is 5.32 Å². The maximum atomic E-state index is 10.3. The summed E-state index contributed by atoms with van der Waals surface area (Å²) in [6.45, 7) is 1.44. The maximum absolute atomic E-state index is 10.3. The van der Waals surface area contributed by atoms with E-state index in [1.807, 2.05) is 0 Å². The Morgan fingerprint density at radius 2 is 2.11 bits per heavy atom. The summed E-state index contributed by atoms with van der Waals surface area (Å²) >= 11 is 0. The molecule has 0 aliphatic rings. The first kappa shape index (κ1) is 7.81. The molecule has 0 radical (unpaired) electrons. The number of rotatable bonds is 4. The highest BCUT2D eigenvalue weighted by atomic mass is 16.2. The molecule has 50 valence electrons. The zero-order valence-corrected chi connectivity index (χ0v) is 4.96. The Morgan fingerprint density at radius 3 is 2.44 bits per heavy atom. The zero-order chi connectivity index (χ0) is 7.28. The molecule has 0 aromatic carbocycles. The van der Waals surface area contributed by atoms with Gasteiger partial charge in [0.25, 0.3) is 0 Å². The van der Waals surface area contributed by atoms with Crippen molar-refractivity contribution < 1.29 is 14.4 Å². The summed E-state index contributed by atoms with van der Waals surface area (Å²) in [5.74, 6) is -0.623. The van der Waals surface area contributed by atoms with Gasteiger partial charge in [0.05, 0.1) is 6.04 Å². The highest BCUT2D eigenvalue weighted by Gasteiger charge is 2.08. The number of nitrogens with one attached hydrogen (secondary N) is 1. The van der Waals surface area contributed by atoms with Gasteiger partial charge in [-0.1, -0.05) is 0 Å². The van der Waals surface area contributed by atoms with Crippen molar-refractivity contribution in [2.24, 2.45) is 0 Å². The van der Waals surface area contributed by atoms with Gasteiger partial charge in [0, 0.05) is 0 Å². The number of amides is 1. The minimum absolute atomic E-state index is 0.182. The lowest BCUT2D eigenvalue weighted by atomic mass is 10.2. The maximum Gasteiger partial charge on any atom is 0.217 e. The van der Waals surface area contributed by atoms with Gasteiger partial charge in [0.1, 0.15) is 0 Å². The van der Waals surface area contributed by atoms with Crippen LogP contribution in [0.25, 0.3) is 0 Å². The molecule has 4 nitrogen and oxygen atoms in total. The second-order valence-corrected chi connectivity index (χ2v) is 1.53. The first-order chi connectivity index (χ1) is 4.22. The molecule has 0 rings (SSSR count). The minimum atomic E-state index is -0.694. The van der Waals surface area contributed by atoms with Crippen molar-refractivity contribution >= 4 is 18.5 Å². The van der Waals surface area contributed by atoms with Gasteiger partial charge in [-0.05, 0) is 6.92 Å². The molecule has 1 unspecified atom stereocenters. The average molecular weight is 129 g/mol. The summed E-state index contributed by atoms with van der Waals surface area (Å²) in [4.78, 5) is 29.7. The van der Waals surface area contributed by atoms with Crippen LogP contribution in [0.3, 0.4) is 0 Å². The monoisotopic (exact) mass is 129 g/mol. The molecule has 0 spiro atoms. The van der Waals surface area contributed by atoms with E-state index in [0.717, 1.165) is 0 Å². The van der Waals surface area contributed by atoms with Gasteiger partial charge in [-0.2, -0.15) is 0 Å². The van der Waals surface area contributed by atoms with Gasteiger partial charge < -0.3 is 5.32 Å². The standard InChI is InChI=1S/C5H7NO3/c1-4(6-3-8)5(9)2-7/h2-4H,1H3,(H,6,8). The molecule has 0 heterocycles. The summed E-state index contributed by atoms with van der Waals surface area (Å²) in [7, 11) is 0.